The molecule has 0 atom stereocenters. The molecule has 4 nitrogen and oxygen atoms in total. The van der Waals surface area contributed by atoms with E-state index >= 15 is 0 Å². The molecule has 4 heteroatoms. The van der Waals surface area contributed by atoms with Gasteiger partial charge in [-0.1, -0.05) is 48.5 Å². The molecule has 1 heterocycles. The van der Waals surface area contributed by atoms with Crippen LogP contribution in [-0.4, -0.2) is 17.0 Å². The zero-order valence-electron chi connectivity index (χ0n) is 13.4. The van der Waals surface area contributed by atoms with Crippen molar-refractivity contribution in [2.24, 2.45) is 0 Å². The molecule has 1 aromatic heterocycles. The van der Waals surface area contributed by atoms with Gasteiger partial charge in [0, 0.05) is 25.3 Å². The first-order valence-electron chi connectivity index (χ1n) is 7.63. The number of hydrogen-bond donors (Lipinski definition) is 1. The smallest absolute Gasteiger partial charge is 0.136 e. The zero-order chi connectivity index (χ0) is 16.1. The molecule has 0 saturated heterocycles. The molecule has 0 aliphatic rings. The molecule has 3 aromatic rings. The Kier molecular flexibility index (Phi) is 4.52. The van der Waals surface area contributed by atoms with Gasteiger partial charge in [-0.25, -0.2) is 9.97 Å². The Bertz CT molecular complexity index is 757. The molecule has 2 aromatic carbocycles. The highest BCUT2D eigenvalue weighted by Gasteiger charge is 2.07. The van der Waals surface area contributed by atoms with E-state index in [-0.39, 0.29) is 0 Å². The first-order chi connectivity index (χ1) is 11.2. The van der Waals surface area contributed by atoms with E-state index in [1.165, 1.54) is 5.56 Å². The highest BCUT2D eigenvalue weighted by atomic mass is 15.2. The summed E-state index contributed by atoms with van der Waals surface area (Å²) in [6.07, 6.45) is 0. The summed E-state index contributed by atoms with van der Waals surface area (Å²) in [5.74, 6) is 2.46. The van der Waals surface area contributed by atoms with Crippen molar-refractivity contribution in [3.63, 3.8) is 0 Å². The van der Waals surface area contributed by atoms with Gasteiger partial charge in [-0.2, -0.15) is 0 Å². The monoisotopic (exact) mass is 304 g/mol. The minimum atomic E-state index is 0.751. The minimum Gasteiger partial charge on any atom is -0.355 e. The average molecular weight is 304 g/mol. The van der Waals surface area contributed by atoms with E-state index in [0.717, 1.165) is 29.7 Å². The molecule has 0 bridgehead atoms. The third kappa shape index (κ3) is 4.07. The van der Waals surface area contributed by atoms with Gasteiger partial charge in [0.25, 0.3) is 0 Å². The van der Waals surface area contributed by atoms with Crippen LogP contribution in [-0.2, 0) is 6.54 Å². The first-order valence-corrected chi connectivity index (χ1v) is 7.63. The fourth-order valence-electron chi connectivity index (χ4n) is 2.42. The summed E-state index contributed by atoms with van der Waals surface area (Å²) in [6, 6.07) is 22.4. The van der Waals surface area contributed by atoms with Crippen LogP contribution in [0.4, 0.5) is 17.3 Å². The molecule has 0 radical (unpaired) electrons. The summed E-state index contributed by atoms with van der Waals surface area (Å²) in [5.41, 5.74) is 2.27. The second kappa shape index (κ2) is 6.92. The Morgan fingerprint density at radius 1 is 0.913 bits per heavy atom. The fraction of sp³-hybridized carbons (Fsp3) is 0.158. The highest BCUT2D eigenvalue weighted by molar-refractivity contribution is 5.59. The Labute approximate surface area is 136 Å². The summed E-state index contributed by atoms with van der Waals surface area (Å²) in [4.78, 5) is 11.1. The Hall–Kier alpha value is -2.88. The molecule has 0 aliphatic carbocycles. The van der Waals surface area contributed by atoms with Gasteiger partial charge in [-0.3, -0.25) is 0 Å². The molecule has 1 N–H and O–H groups in total. The van der Waals surface area contributed by atoms with Crippen molar-refractivity contribution in [1.82, 2.24) is 9.97 Å². The van der Waals surface area contributed by atoms with E-state index in [1.54, 1.807) is 0 Å². The molecule has 0 aliphatic heterocycles. The number of nitrogens with one attached hydrogen (secondary N) is 1. The zero-order valence-corrected chi connectivity index (χ0v) is 13.4. The molecule has 0 saturated carbocycles. The van der Waals surface area contributed by atoms with Crippen LogP contribution in [0.25, 0.3) is 0 Å². The van der Waals surface area contributed by atoms with Crippen molar-refractivity contribution in [3.8, 4) is 0 Å². The van der Waals surface area contributed by atoms with Crippen LogP contribution in [0.2, 0.25) is 0 Å². The molecule has 0 spiro atoms. The van der Waals surface area contributed by atoms with Crippen LogP contribution >= 0.6 is 0 Å². The van der Waals surface area contributed by atoms with Gasteiger partial charge >= 0.3 is 0 Å². The van der Waals surface area contributed by atoms with Gasteiger partial charge in [0.2, 0.25) is 0 Å². The van der Waals surface area contributed by atoms with Crippen LogP contribution in [0.3, 0.4) is 0 Å². The molecule has 23 heavy (non-hydrogen) atoms. The van der Waals surface area contributed by atoms with Gasteiger partial charge in [-0.15, -0.1) is 0 Å². The first kappa shape index (κ1) is 15.0. The lowest BCUT2D eigenvalue weighted by molar-refractivity contribution is 0.880. The van der Waals surface area contributed by atoms with Crippen molar-refractivity contribution in [1.29, 1.82) is 0 Å². The lowest BCUT2D eigenvalue weighted by Crippen LogP contribution is -2.18. The van der Waals surface area contributed by atoms with E-state index in [0.29, 0.717) is 0 Å². The summed E-state index contributed by atoms with van der Waals surface area (Å²) in [5, 5.41) is 3.33. The van der Waals surface area contributed by atoms with Gasteiger partial charge < -0.3 is 10.2 Å². The van der Waals surface area contributed by atoms with E-state index < -0.39 is 0 Å². The average Bonchev–Trinajstić information content (AvgIpc) is 2.56. The Balaban J connectivity index is 1.79. The van der Waals surface area contributed by atoms with Gasteiger partial charge in [0.05, 0.1) is 0 Å². The van der Waals surface area contributed by atoms with Crippen molar-refractivity contribution < 1.29 is 0 Å². The highest BCUT2D eigenvalue weighted by Crippen LogP contribution is 2.20. The lowest BCUT2D eigenvalue weighted by Gasteiger charge is -2.19. The van der Waals surface area contributed by atoms with Crippen LogP contribution in [0, 0.1) is 6.92 Å². The number of nitrogens with zero attached hydrogens (tertiary/aromatic N) is 3. The summed E-state index contributed by atoms with van der Waals surface area (Å²) in [7, 11) is 2.04. The summed E-state index contributed by atoms with van der Waals surface area (Å²) < 4.78 is 0. The third-order valence-corrected chi connectivity index (χ3v) is 3.52. The van der Waals surface area contributed by atoms with Crippen molar-refractivity contribution in [3.05, 3.63) is 78.1 Å². The van der Waals surface area contributed by atoms with Gasteiger partial charge in [-0.05, 0) is 24.6 Å². The largest absolute Gasteiger partial charge is 0.355 e. The van der Waals surface area contributed by atoms with Crippen molar-refractivity contribution >= 4 is 17.3 Å². The van der Waals surface area contributed by atoms with E-state index in [9.17, 15) is 0 Å². The maximum Gasteiger partial charge on any atom is 0.136 e. The SMILES string of the molecule is Cc1nc(Nc2ccccc2)cc(N(C)Cc2ccccc2)n1. The van der Waals surface area contributed by atoms with Crippen molar-refractivity contribution in [2.75, 3.05) is 17.3 Å². The standard InChI is InChI=1S/C19H20N4/c1-15-20-18(22-17-11-7-4-8-12-17)13-19(21-15)23(2)14-16-9-5-3-6-10-16/h3-13H,14H2,1-2H3,(H,20,21,22). The lowest BCUT2D eigenvalue weighted by atomic mass is 10.2. The second-order valence-electron chi connectivity index (χ2n) is 5.49. The number of aromatic nitrogens is 2. The number of hydrogen-bond acceptors (Lipinski definition) is 4. The fourth-order valence-corrected chi connectivity index (χ4v) is 2.42. The predicted octanol–water partition coefficient (Wildman–Crippen LogP) is 4.17. The van der Waals surface area contributed by atoms with Gasteiger partial charge in [0.15, 0.2) is 0 Å². The van der Waals surface area contributed by atoms with Crippen LogP contribution in [0.5, 0.6) is 0 Å². The molecular weight excluding hydrogens is 284 g/mol. The number of anilines is 3. The van der Waals surface area contributed by atoms with E-state index in [1.807, 2.05) is 56.4 Å². The third-order valence-electron chi connectivity index (χ3n) is 3.52. The maximum atomic E-state index is 4.55. The normalized spacial score (nSPS) is 10.3. The predicted molar refractivity (Wildman–Crippen MR) is 95.0 cm³/mol. The number of benzene rings is 2. The summed E-state index contributed by atoms with van der Waals surface area (Å²) in [6.45, 7) is 2.72. The van der Waals surface area contributed by atoms with Gasteiger partial charge in [0.1, 0.15) is 17.5 Å². The van der Waals surface area contributed by atoms with Crippen LogP contribution in [0.15, 0.2) is 66.7 Å². The van der Waals surface area contributed by atoms with Crippen LogP contribution in [0.1, 0.15) is 11.4 Å². The minimum absolute atomic E-state index is 0.751. The number of rotatable bonds is 5. The molecular formula is C19H20N4. The number of aryl methyl sites for hydroxylation is 1. The number of para-hydroxylation sites is 1. The quantitative estimate of drug-likeness (QED) is 0.768. The Morgan fingerprint density at radius 3 is 2.26 bits per heavy atom. The molecule has 0 fully saturated rings. The van der Waals surface area contributed by atoms with Crippen molar-refractivity contribution in [2.45, 2.75) is 13.5 Å². The van der Waals surface area contributed by atoms with Crippen LogP contribution < -0.4 is 10.2 Å². The summed E-state index contributed by atoms with van der Waals surface area (Å²) >= 11 is 0. The van der Waals surface area contributed by atoms with E-state index in [4.69, 9.17) is 0 Å². The molecule has 0 amide bonds. The molecule has 0 unspecified atom stereocenters. The Morgan fingerprint density at radius 2 is 1.57 bits per heavy atom. The topological polar surface area (TPSA) is 41.1 Å². The second-order valence-corrected chi connectivity index (χ2v) is 5.49. The van der Waals surface area contributed by atoms with E-state index in [2.05, 4.69) is 44.5 Å². The maximum absolute atomic E-state index is 4.55. The molecule has 116 valence electrons. The molecule has 3 rings (SSSR count).